The van der Waals surface area contributed by atoms with E-state index in [2.05, 4.69) is 45.9 Å². The number of hydrogen-bond acceptors (Lipinski definition) is 2. The van der Waals surface area contributed by atoms with Crippen LogP contribution >= 0.6 is 0 Å². The normalized spacial score (nSPS) is 11.0. The summed E-state index contributed by atoms with van der Waals surface area (Å²) in [6.45, 7) is 9.28. The van der Waals surface area contributed by atoms with Crippen molar-refractivity contribution in [3.05, 3.63) is 64.7 Å². The molecule has 0 radical (unpaired) electrons. The average molecular weight is 296 g/mol. The molecule has 2 rings (SSSR count). The molecule has 0 fully saturated rings. The van der Waals surface area contributed by atoms with Crippen molar-refractivity contribution in [2.45, 2.75) is 46.1 Å². The third-order valence-corrected chi connectivity index (χ3v) is 3.81. The molecule has 2 aromatic carbocycles. The highest BCUT2D eigenvalue weighted by molar-refractivity contribution is 5.79. The van der Waals surface area contributed by atoms with E-state index in [9.17, 15) is 4.79 Å². The summed E-state index contributed by atoms with van der Waals surface area (Å²) in [5.74, 6) is 1.61. The van der Waals surface area contributed by atoms with Gasteiger partial charge in [0.25, 0.3) is 0 Å². The second-order valence-electron chi connectivity index (χ2n) is 6.26. The molecule has 0 aliphatic carbocycles. The van der Waals surface area contributed by atoms with Crippen LogP contribution in [0, 0.1) is 0 Å². The number of carbonyl (C=O) groups is 1. The zero-order chi connectivity index (χ0) is 16.1. The third kappa shape index (κ3) is 3.97. The van der Waals surface area contributed by atoms with Crippen LogP contribution in [0.3, 0.4) is 0 Å². The van der Waals surface area contributed by atoms with Crippen molar-refractivity contribution in [2.75, 3.05) is 0 Å². The predicted molar refractivity (Wildman–Crippen MR) is 90.8 cm³/mol. The standard InChI is InChI=1S/C20H24O2/c1-14(2)18-9-16(10-19(11-18)15(3)4)13-22-20-8-6-5-7-17(20)12-21/h5-12,14-15H,13H2,1-4H3. The molecule has 0 aromatic heterocycles. The smallest absolute Gasteiger partial charge is 0.153 e. The largest absolute Gasteiger partial charge is 0.488 e. The monoisotopic (exact) mass is 296 g/mol. The van der Waals surface area contributed by atoms with E-state index in [-0.39, 0.29) is 0 Å². The van der Waals surface area contributed by atoms with E-state index in [1.165, 1.54) is 11.1 Å². The first-order valence-electron chi connectivity index (χ1n) is 7.82. The van der Waals surface area contributed by atoms with Crippen molar-refractivity contribution in [3.8, 4) is 5.75 Å². The topological polar surface area (TPSA) is 26.3 Å². The first kappa shape index (κ1) is 16.3. The van der Waals surface area contributed by atoms with E-state index in [0.29, 0.717) is 29.8 Å². The fraction of sp³-hybridized carbons (Fsp3) is 0.350. The summed E-state index contributed by atoms with van der Waals surface area (Å²) in [6.07, 6.45) is 0.833. The SMILES string of the molecule is CC(C)c1cc(COc2ccccc2C=O)cc(C(C)C)c1. The highest BCUT2D eigenvalue weighted by atomic mass is 16.5. The Morgan fingerprint density at radius 3 is 2.09 bits per heavy atom. The number of hydrogen-bond donors (Lipinski definition) is 0. The molecular formula is C20H24O2. The summed E-state index contributed by atoms with van der Waals surface area (Å²) in [5.41, 5.74) is 4.39. The summed E-state index contributed by atoms with van der Waals surface area (Å²) in [4.78, 5) is 11.0. The van der Waals surface area contributed by atoms with Gasteiger partial charge in [0.05, 0.1) is 5.56 Å². The van der Waals surface area contributed by atoms with Gasteiger partial charge in [-0.1, -0.05) is 58.0 Å². The highest BCUT2D eigenvalue weighted by Gasteiger charge is 2.08. The molecule has 0 saturated heterocycles. The average Bonchev–Trinajstić information content (AvgIpc) is 2.52. The molecule has 22 heavy (non-hydrogen) atoms. The second-order valence-corrected chi connectivity index (χ2v) is 6.26. The molecule has 0 saturated carbocycles. The van der Waals surface area contributed by atoms with Gasteiger partial charge < -0.3 is 4.74 Å². The van der Waals surface area contributed by atoms with Gasteiger partial charge in [0, 0.05) is 0 Å². The Balaban J connectivity index is 2.23. The number of carbonyl (C=O) groups excluding carboxylic acids is 1. The second kappa shape index (κ2) is 7.26. The molecule has 0 N–H and O–H groups in total. The fourth-order valence-electron chi connectivity index (χ4n) is 2.37. The Labute approximate surface area is 133 Å². The van der Waals surface area contributed by atoms with Crippen LogP contribution in [0.15, 0.2) is 42.5 Å². The van der Waals surface area contributed by atoms with Gasteiger partial charge in [0.15, 0.2) is 6.29 Å². The molecule has 0 amide bonds. The molecular weight excluding hydrogens is 272 g/mol. The van der Waals surface area contributed by atoms with Gasteiger partial charge in [-0.2, -0.15) is 0 Å². The lowest BCUT2D eigenvalue weighted by Gasteiger charge is -2.15. The summed E-state index contributed by atoms with van der Waals surface area (Å²) in [5, 5.41) is 0. The molecule has 116 valence electrons. The predicted octanol–water partition coefficient (Wildman–Crippen LogP) is 5.32. The summed E-state index contributed by atoms with van der Waals surface area (Å²) in [7, 11) is 0. The van der Waals surface area contributed by atoms with Crippen LogP contribution < -0.4 is 4.74 Å². The molecule has 0 bridgehead atoms. The van der Waals surface area contributed by atoms with Gasteiger partial charge in [-0.15, -0.1) is 0 Å². The number of ether oxygens (including phenoxy) is 1. The Morgan fingerprint density at radius 1 is 0.955 bits per heavy atom. The van der Waals surface area contributed by atoms with E-state index in [4.69, 9.17) is 4.74 Å². The number of benzene rings is 2. The van der Waals surface area contributed by atoms with Crippen molar-refractivity contribution in [1.29, 1.82) is 0 Å². The molecule has 0 aliphatic heterocycles. The van der Waals surface area contributed by atoms with E-state index < -0.39 is 0 Å². The fourth-order valence-corrected chi connectivity index (χ4v) is 2.37. The Morgan fingerprint density at radius 2 is 1.55 bits per heavy atom. The van der Waals surface area contributed by atoms with E-state index in [1.54, 1.807) is 6.07 Å². The summed E-state index contributed by atoms with van der Waals surface area (Å²) < 4.78 is 5.85. The van der Waals surface area contributed by atoms with Gasteiger partial charge in [0.2, 0.25) is 0 Å². The maximum Gasteiger partial charge on any atom is 0.153 e. The Kier molecular flexibility index (Phi) is 5.37. The lowest BCUT2D eigenvalue weighted by Crippen LogP contribution is -2.02. The lowest BCUT2D eigenvalue weighted by atomic mass is 9.93. The summed E-state index contributed by atoms with van der Waals surface area (Å²) >= 11 is 0. The van der Waals surface area contributed by atoms with Crippen LogP contribution in [-0.2, 0) is 6.61 Å². The van der Waals surface area contributed by atoms with E-state index in [0.717, 1.165) is 11.8 Å². The van der Waals surface area contributed by atoms with Crippen molar-refractivity contribution >= 4 is 6.29 Å². The van der Waals surface area contributed by atoms with Gasteiger partial charge in [-0.3, -0.25) is 4.79 Å². The number of aldehydes is 1. The maximum atomic E-state index is 11.0. The molecule has 0 heterocycles. The van der Waals surface area contributed by atoms with Crippen LogP contribution in [0.2, 0.25) is 0 Å². The van der Waals surface area contributed by atoms with Crippen LogP contribution in [0.1, 0.15) is 66.6 Å². The molecule has 0 aliphatic rings. The minimum absolute atomic E-state index is 0.477. The van der Waals surface area contributed by atoms with Crippen LogP contribution in [0.25, 0.3) is 0 Å². The molecule has 0 unspecified atom stereocenters. The minimum atomic E-state index is 0.477. The Hall–Kier alpha value is -2.09. The van der Waals surface area contributed by atoms with Gasteiger partial charge in [0.1, 0.15) is 12.4 Å². The first-order valence-corrected chi connectivity index (χ1v) is 7.82. The van der Waals surface area contributed by atoms with Gasteiger partial charge in [-0.05, 0) is 40.7 Å². The van der Waals surface area contributed by atoms with Crippen LogP contribution in [-0.4, -0.2) is 6.29 Å². The van der Waals surface area contributed by atoms with E-state index in [1.807, 2.05) is 18.2 Å². The molecule has 0 atom stereocenters. The van der Waals surface area contributed by atoms with Crippen molar-refractivity contribution in [1.82, 2.24) is 0 Å². The molecule has 2 aromatic rings. The molecule has 2 nitrogen and oxygen atoms in total. The first-order chi connectivity index (χ1) is 10.5. The van der Waals surface area contributed by atoms with Gasteiger partial charge >= 0.3 is 0 Å². The summed E-state index contributed by atoms with van der Waals surface area (Å²) in [6, 6.07) is 14.0. The van der Waals surface area contributed by atoms with Crippen LogP contribution in [0.5, 0.6) is 5.75 Å². The molecule has 0 spiro atoms. The quantitative estimate of drug-likeness (QED) is 0.674. The highest BCUT2D eigenvalue weighted by Crippen LogP contribution is 2.25. The number of rotatable bonds is 6. The number of para-hydroxylation sites is 1. The van der Waals surface area contributed by atoms with E-state index >= 15 is 0 Å². The lowest BCUT2D eigenvalue weighted by molar-refractivity contribution is 0.111. The van der Waals surface area contributed by atoms with Crippen molar-refractivity contribution < 1.29 is 9.53 Å². The van der Waals surface area contributed by atoms with Crippen molar-refractivity contribution in [2.24, 2.45) is 0 Å². The third-order valence-electron chi connectivity index (χ3n) is 3.81. The molecule has 2 heteroatoms. The van der Waals surface area contributed by atoms with Crippen LogP contribution in [0.4, 0.5) is 0 Å². The minimum Gasteiger partial charge on any atom is -0.488 e. The zero-order valence-corrected chi connectivity index (χ0v) is 13.8. The Bertz CT molecular complexity index is 616. The van der Waals surface area contributed by atoms with Gasteiger partial charge in [-0.25, -0.2) is 0 Å². The maximum absolute atomic E-state index is 11.0. The zero-order valence-electron chi connectivity index (χ0n) is 13.8. The van der Waals surface area contributed by atoms with Crippen molar-refractivity contribution in [3.63, 3.8) is 0 Å².